The Balaban J connectivity index is 0.000000368. The molecule has 0 saturated heterocycles. The maximum Gasteiger partial charge on any atom is 0.209 e. The average molecular weight is 221 g/mol. The van der Waals surface area contributed by atoms with Crippen molar-refractivity contribution in [2.45, 2.75) is 32.1 Å². The molecule has 1 fully saturated rings. The van der Waals surface area contributed by atoms with E-state index in [1.165, 1.54) is 37.0 Å². The highest BCUT2D eigenvalue weighted by molar-refractivity contribution is 5.47. The molecule has 0 bridgehead atoms. The molecule has 1 rings (SSSR count). The molecule has 1 aliphatic rings. The Bertz CT molecular complexity index is 232. The SMILES string of the molecule is C1CCCC1.C=C/C=C(\C=C)CN(C)C=O. The van der Waals surface area contributed by atoms with E-state index < -0.39 is 0 Å². The normalized spacial score (nSPS) is 14.7. The van der Waals surface area contributed by atoms with Gasteiger partial charge in [-0.3, -0.25) is 4.79 Å². The molecule has 0 heterocycles. The first-order valence-electron chi connectivity index (χ1n) is 5.84. The zero-order valence-corrected chi connectivity index (χ0v) is 10.3. The molecule has 1 amide bonds. The van der Waals surface area contributed by atoms with Crippen LogP contribution in [0, 0.1) is 0 Å². The lowest BCUT2D eigenvalue weighted by atomic mass is 10.2. The standard InChI is InChI=1S/C9H13NO.C5H10/c1-4-6-9(5-2)7-10(3)8-11;1-2-4-5-3-1/h4-6,8H,1-2,7H2,3H3;1-5H2/b9-6+;. The Kier molecular flexibility index (Phi) is 9.38. The third-order valence-electron chi connectivity index (χ3n) is 2.46. The molecule has 2 nitrogen and oxygen atoms in total. The molecule has 1 saturated carbocycles. The van der Waals surface area contributed by atoms with Gasteiger partial charge in [0.25, 0.3) is 0 Å². The Hall–Kier alpha value is -1.31. The highest BCUT2D eigenvalue weighted by Crippen LogP contribution is 2.15. The highest BCUT2D eigenvalue weighted by atomic mass is 16.1. The second-order valence-electron chi connectivity index (χ2n) is 3.97. The Morgan fingerprint density at radius 2 is 1.69 bits per heavy atom. The quantitative estimate of drug-likeness (QED) is 0.515. The number of nitrogens with zero attached hydrogens (tertiary/aromatic N) is 1. The Morgan fingerprint density at radius 3 is 2.00 bits per heavy atom. The van der Waals surface area contributed by atoms with Gasteiger partial charge in [0.2, 0.25) is 6.41 Å². The van der Waals surface area contributed by atoms with Crippen molar-refractivity contribution in [3.05, 3.63) is 37.0 Å². The van der Waals surface area contributed by atoms with E-state index >= 15 is 0 Å². The van der Waals surface area contributed by atoms with Gasteiger partial charge >= 0.3 is 0 Å². The van der Waals surface area contributed by atoms with Crippen LogP contribution in [-0.2, 0) is 4.79 Å². The molecular weight excluding hydrogens is 198 g/mol. The summed E-state index contributed by atoms with van der Waals surface area (Å²) in [7, 11) is 1.72. The van der Waals surface area contributed by atoms with Crippen molar-refractivity contribution in [2.24, 2.45) is 0 Å². The minimum atomic E-state index is 0.582. The van der Waals surface area contributed by atoms with E-state index in [0.29, 0.717) is 6.54 Å². The van der Waals surface area contributed by atoms with E-state index in [2.05, 4.69) is 13.2 Å². The molecule has 0 N–H and O–H groups in total. The van der Waals surface area contributed by atoms with Gasteiger partial charge in [-0.15, -0.1) is 0 Å². The Morgan fingerprint density at radius 1 is 1.19 bits per heavy atom. The number of hydrogen-bond donors (Lipinski definition) is 0. The molecule has 0 unspecified atom stereocenters. The summed E-state index contributed by atoms with van der Waals surface area (Å²) in [5.74, 6) is 0. The van der Waals surface area contributed by atoms with Gasteiger partial charge in [-0.25, -0.2) is 0 Å². The van der Waals surface area contributed by atoms with Crippen LogP contribution in [0.2, 0.25) is 0 Å². The predicted octanol–water partition coefficient (Wildman–Crippen LogP) is 3.32. The van der Waals surface area contributed by atoms with Gasteiger partial charge in [0.15, 0.2) is 0 Å². The topological polar surface area (TPSA) is 20.3 Å². The average Bonchev–Trinajstić information content (AvgIpc) is 2.86. The second kappa shape index (κ2) is 10.2. The molecule has 0 aliphatic heterocycles. The van der Waals surface area contributed by atoms with Gasteiger partial charge in [-0.1, -0.05) is 63.5 Å². The molecule has 16 heavy (non-hydrogen) atoms. The first kappa shape index (κ1) is 14.7. The summed E-state index contributed by atoms with van der Waals surface area (Å²) in [6, 6.07) is 0. The molecule has 2 heteroatoms. The van der Waals surface area contributed by atoms with Crippen molar-refractivity contribution < 1.29 is 4.79 Å². The first-order valence-corrected chi connectivity index (χ1v) is 5.84. The number of carbonyl (C=O) groups excluding carboxylic acids is 1. The van der Waals surface area contributed by atoms with E-state index in [1.54, 1.807) is 19.2 Å². The molecule has 0 aromatic heterocycles. The third-order valence-corrected chi connectivity index (χ3v) is 2.46. The molecule has 0 atom stereocenters. The van der Waals surface area contributed by atoms with Crippen LogP contribution >= 0.6 is 0 Å². The van der Waals surface area contributed by atoms with Crippen molar-refractivity contribution in [3.63, 3.8) is 0 Å². The summed E-state index contributed by atoms with van der Waals surface area (Å²) in [5, 5.41) is 0. The predicted molar refractivity (Wildman–Crippen MR) is 70.3 cm³/mol. The van der Waals surface area contributed by atoms with E-state index in [0.717, 1.165) is 12.0 Å². The summed E-state index contributed by atoms with van der Waals surface area (Å²) in [4.78, 5) is 11.7. The summed E-state index contributed by atoms with van der Waals surface area (Å²) in [5.41, 5.74) is 0.981. The fourth-order valence-electron chi connectivity index (χ4n) is 1.55. The van der Waals surface area contributed by atoms with Crippen molar-refractivity contribution in [1.29, 1.82) is 0 Å². The maximum atomic E-state index is 10.2. The summed E-state index contributed by atoms with van der Waals surface area (Å²) < 4.78 is 0. The fourth-order valence-corrected chi connectivity index (χ4v) is 1.55. The molecule has 0 radical (unpaired) electrons. The lowest BCUT2D eigenvalue weighted by Gasteiger charge is -2.09. The first-order chi connectivity index (χ1) is 7.74. The number of carbonyl (C=O) groups is 1. The van der Waals surface area contributed by atoms with Gasteiger partial charge in [-0.05, 0) is 5.57 Å². The van der Waals surface area contributed by atoms with Gasteiger partial charge in [0.05, 0.1) is 0 Å². The summed E-state index contributed by atoms with van der Waals surface area (Å²) in [6.45, 7) is 7.74. The van der Waals surface area contributed by atoms with Crippen LogP contribution in [0.5, 0.6) is 0 Å². The largest absolute Gasteiger partial charge is 0.344 e. The maximum absolute atomic E-state index is 10.2. The summed E-state index contributed by atoms with van der Waals surface area (Å²) >= 11 is 0. The smallest absolute Gasteiger partial charge is 0.209 e. The van der Waals surface area contributed by atoms with Gasteiger partial charge in [0, 0.05) is 13.6 Å². The van der Waals surface area contributed by atoms with Crippen LogP contribution in [-0.4, -0.2) is 24.9 Å². The third kappa shape index (κ3) is 8.04. The molecule has 0 aromatic rings. The van der Waals surface area contributed by atoms with E-state index in [9.17, 15) is 4.79 Å². The monoisotopic (exact) mass is 221 g/mol. The van der Waals surface area contributed by atoms with Crippen LogP contribution < -0.4 is 0 Å². The minimum absolute atomic E-state index is 0.582. The fraction of sp³-hybridized carbons (Fsp3) is 0.500. The summed E-state index contributed by atoms with van der Waals surface area (Å²) in [6.07, 6.45) is 13.5. The molecular formula is C14H23NO. The molecule has 0 aromatic carbocycles. The van der Waals surface area contributed by atoms with E-state index in [4.69, 9.17) is 0 Å². The second-order valence-corrected chi connectivity index (χ2v) is 3.97. The lowest BCUT2D eigenvalue weighted by Crippen LogP contribution is -2.17. The van der Waals surface area contributed by atoms with Gasteiger partial charge < -0.3 is 4.90 Å². The van der Waals surface area contributed by atoms with Gasteiger partial charge in [0.1, 0.15) is 0 Å². The van der Waals surface area contributed by atoms with E-state index in [1.807, 2.05) is 6.08 Å². The van der Waals surface area contributed by atoms with Crippen LogP contribution in [0.15, 0.2) is 37.0 Å². The van der Waals surface area contributed by atoms with Crippen LogP contribution in [0.3, 0.4) is 0 Å². The van der Waals surface area contributed by atoms with Crippen molar-refractivity contribution >= 4 is 6.41 Å². The number of hydrogen-bond acceptors (Lipinski definition) is 1. The number of likely N-dealkylation sites (N-methyl/N-ethyl adjacent to an activating group) is 1. The number of rotatable bonds is 5. The molecule has 0 spiro atoms. The van der Waals surface area contributed by atoms with Crippen LogP contribution in [0.1, 0.15) is 32.1 Å². The highest BCUT2D eigenvalue weighted by Gasteiger charge is 1.95. The number of allylic oxidation sites excluding steroid dienone is 2. The van der Waals surface area contributed by atoms with Crippen LogP contribution in [0.4, 0.5) is 0 Å². The minimum Gasteiger partial charge on any atom is -0.344 e. The zero-order chi connectivity index (χ0) is 12.2. The van der Waals surface area contributed by atoms with Crippen LogP contribution in [0.25, 0.3) is 0 Å². The van der Waals surface area contributed by atoms with Crippen molar-refractivity contribution in [3.8, 4) is 0 Å². The van der Waals surface area contributed by atoms with Crippen molar-refractivity contribution in [2.75, 3.05) is 13.6 Å². The van der Waals surface area contributed by atoms with Gasteiger partial charge in [-0.2, -0.15) is 0 Å². The molecule has 1 aliphatic carbocycles. The van der Waals surface area contributed by atoms with E-state index in [-0.39, 0.29) is 0 Å². The molecule has 90 valence electrons. The number of amides is 1. The lowest BCUT2D eigenvalue weighted by molar-refractivity contribution is -0.116. The Labute approximate surface area is 99.3 Å². The van der Waals surface area contributed by atoms with Crippen molar-refractivity contribution in [1.82, 2.24) is 4.90 Å². The zero-order valence-electron chi connectivity index (χ0n) is 10.3.